The van der Waals surface area contributed by atoms with E-state index in [9.17, 15) is 14.3 Å². The molecular weight excluding hydrogens is 423 g/mol. The van der Waals surface area contributed by atoms with E-state index in [4.69, 9.17) is 9.15 Å². The normalized spacial score (nSPS) is 12.5. The van der Waals surface area contributed by atoms with Gasteiger partial charge in [-0.1, -0.05) is 23.4 Å². The van der Waals surface area contributed by atoms with Crippen LogP contribution in [0.2, 0.25) is 0 Å². The van der Waals surface area contributed by atoms with Crippen molar-refractivity contribution in [2.45, 2.75) is 26.7 Å². The lowest BCUT2D eigenvalue weighted by atomic mass is 9.95. The lowest BCUT2D eigenvalue weighted by Crippen LogP contribution is -2.24. The Hall–Kier alpha value is -3.20. The van der Waals surface area contributed by atoms with Crippen molar-refractivity contribution in [2.75, 3.05) is 13.5 Å². The van der Waals surface area contributed by atoms with Gasteiger partial charge in [0.15, 0.2) is 0 Å². The molecule has 2 heterocycles. The fourth-order valence-corrected chi connectivity index (χ4v) is 3.64. The molecule has 3 aromatic rings. The summed E-state index contributed by atoms with van der Waals surface area (Å²) in [4.78, 5) is 21.3. The molecule has 164 valence electrons. The van der Waals surface area contributed by atoms with Crippen LogP contribution in [0, 0.1) is 12.8 Å². The standard InChI is InChI=1S/C22H23FN2O5S/c1-14(25-29-13-23)18(22(26)27)12-16-5-7-17(8-6-16)28-10-9-19-15(2)30-21(24-19)20-4-3-11-31-20/h3-8,11,18H,9-10,12-13H2,1-2H3,(H,26,27)/b25-14-. The van der Waals surface area contributed by atoms with Crippen LogP contribution >= 0.6 is 11.3 Å². The summed E-state index contributed by atoms with van der Waals surface area (Å²) in [7, 11) is 0. The largest absolute Gasteiger partial charge is 0.493 e. The number of oxime groups is 1. The summed E-state index contributed by atoms with van der Waals surface area (Å²) < 4.78 is 23.6. The molecule has 0 aliphatic carbocycles. The van der Waals surface area contributed by atoms with E-state index in [1.54, 1.807) is 35.6 Å². The first-order chi connectivity index (χ1) is 15.0. The van der Waals surface area contributed by atoms with Crippen molar-refractivity contribution in [2.24, 2.45) is 11.1 Å². The smallest absolute Gasteiger partial charge is 0.312 e. The Morgan fingerprint density at radius 3 is 2.74 bits per heavy atom. The van der Waals surface area contributed by atoms with Crippen LogP contribution in [-0.4, -0.2) is 35.2 Å². The number of nitrogens with zero attached hydrogens (tertiary/aromatic N) is 2. The Kier molecular flexibility index (Phi) is 7.77. The van der Waals surface area contributed by atoms with Gasteiger partial charge in [-0.25, -0.2) is 9.37 Å². The number of halogens is 1. The van der Waals surface area contributed by atoms with Crippen LogP contribution in [0.5, 0.6) is 5.75 Å². The van der Waals surface area contributed by atoms with Gasteiger partial charge in [-0.15, -0.1) is 11.3 Å². The maximum absolute atomic E-state index is 12.1. The van der Waals surface area contributed by atoms with Crippen molar-refractivity contribution in [3.8, 4) is 16.5 Å². The Labute approximate surface area is 183 Å². The maximum Gasteiger partial charge on any atom is 0.312 e. The van der Waals surface area contributed by atoms with E-state index in [2.05, 4.69) is 15.0 Å². The van der Waals surface area contributed by atoms with E-state index < -0.39 is 18.7 Å². The minimum Gasteiger partial charge on any atom is -0.493 e. The monoisotopic (exact) mass is 446 g/mol. The fraction of sp³-hybridized carbons (Fsp3) is 0.318. The number of aliphatic carboxylic acids is 1. The molecule has 1 aromatic carbocycles. The topological polar surface area (TPSA) is 94.2 Å². The second kappa shape index (κ2) is 10.7. The van der Waals surface area contributed by atoms with E-state index in [-0.39, 0.29) is 12.1 Å². The van der Waals surface area contributed by atoms with Gasteiger partial charge < -0.3 is 19.1 Å². The molecule has 0 fully saturated rings. The number of thiophene rings is 1. The maximum atomic E-state index is 12.1. The molecule has 0 radical (unpaired) electrons. The van der Waals surface area contributed by atoms with Gasteiger partial charge in [0.1, 0.15) is 17.4 Å². The van der Waals surface area contributed by atoms with Gasteiger partial charge in [0.05, 0.1) is 22.9 Å². The van der Waals surface area contributed by atoms with Gasteiger partial charge in [-0.2, -0.15) is 0 Å². The molecule has 1 unspecified atom stereocenters. The zero-order valence-electron chi connectivity index (χ0n) is 17.2. The zero-order valence-corrected chi connectivity index (χ0v) is 18.0. The molecule has 9 heteroatoms. The highest BCUT2D eigenvalue weighted by atomic mass is 32.1. The average Bonchev–Trinajstić information content (AvgIpc) is 3.41. The molecule has 1 N–H and O–H groups in total. The Bertz CT molecular complexity index is 1020. The Morgan fingerprint density at radius 1 is 1.32 bits per heavy atom. The summed E-state index contributed by atoms with van der Waals surface area (Å²) >= 11 is 1.58. The van der Waals surface area contributed by atoms with E-state index in [0.717, 1.165) is 21.9 Å². The second-order valence-corrected chi connectivity index (χ2v) is 7.76. The first kappa shape index (κ1) is 22.5. The third-order valence-electron chi connectivity index (χ3n) is 4.66. The fourth-order valence-electron chi connectivity index (χ4n) is 2.99. The molecule has 0 spiro atoms. The summed E-state index contributed by atoms with van der Waals surface area (Å²) in [6.45, 7) is 2.72. The van der Waals surface area contributed by atoms with Gasteiger partial charge in [-0.3, -0.25) is 4.79 Å². The molecule has 0 saturated heterocycles. The minimum atomic E-state index is -1.10. The third-order valence-corrected chi connectivity index (χ3v) is 5.51. The molecule has 0 bridgehead atoms. The van der Waals surface area contributed by atoms with E-state index in [1.165, 1.54) is 6.92 Å². The number of hydrogen-bond acceptors (Lipinski definition) is 7. The summed E-state index contributed by atoms with van der Waals surface area (Å²) in [5.41, 5.74) is 1.85. The van der Waals surface area contributed by atoms with Crippen LogP contribution in [0.15, 0.2) is 51.4 Å². The quantitative estimate of drug-likeness (QED) is 0.333. The highest BCUT2D eigenvalue weighted by molar-refractivity contribution is 7.13. The number of aromatic nitrogens is 1. The number of rotatable bonds is 11. The van der Waals surface area contributed by atoms with Gasteiger partial charge in [0.25, 0.3) is 6.86 Å². The third kappa shape index (κ3) is 6.14. The molecule has 2 aromatic heterocycles. The Morgan fingerprint density at radius 2 is 2.10 bits per heavy atom. The second-order valence-electron chi connectivity index (χ2n) is 6.81. The molecule has 0 saturated carbocycles. The predicted molar refractivity (Wildman–Crippen MR) is 115 cm³/mol. The summed E-state index contributed by atoms with van der Waals surface area (Å²) in [5.74, 6) is 0.118. The van der Waals surface area contributed by atoms with Gasteiger partial charge >= 0.3 is 5.97 Å². The molecule has 0 aliphatic rings. The molecular formula is C22H23FN2O5S. The predicted octanol–water partition coefficient (Wildman–Crippen LogP) is 4.90. The van der Waals surface area contributed by atoms with Crippen LogP contribution in [-0.2, 0) is 22.5 Å². The van der Waals surface area contributed by atoms with Gasteiger partial charge in [0.2, 0.25) is 5.89 Å². The first-order valence-electron chi connectivity index (χ1n) is 9.65. The van der Waals surface area contributed by atoms with E-state index in [1.807, 2.05) is 24.4 Å². The van der Waals surface area contributed by atoms with Crippen molar-refractivity contribution in [1.82, 2.24) is 4.98 Å². The SMILES string of the molecule is C/C(=N/OCF)C(Cc1ccc(OCCc2nc(-c3cccs3)oc2C)cc1)C(=O)O. The van der Waals surface area contributed by atoms with Crippen LogP contribution in [0.3, 0.4) is 0 Å². The first-order valence-corrected chi connectivity index (χ1v) is 10.5. The van der Waals surface area contributed by atoms with Crippen LogP contribution in [0.4, 0.5) is 4.39 Å². The lowest BCUT2D eigenvalue weighted by Gasteiger charge is -2.12. The van der Waals surface area contributed by atoms with Crippen molar-refractivity contribution < 1.29 is 28.3 Å². The molecule has 0 aliphatic heterocycles. The number of ether oxygens (including phenoxy) is 1. The lowest BCUT2D eigenvalue weighted by molar-refractivity contribution is -0.139. The number of benzene rings is 1. The molecule has 0 amide bonds. The van der Waals surface area contributed by atoms with Crippen LogP contribution in [0.25, 0.3) is 10.8 Å². The number of carboxylic acid groups (broad SMARTS) is 1. The van der Waals surface area contributed by atoms with Gasteiger partial charge in [0, 0.05) is 6.42 Å². The minimum absolute atomic E-state index is 0.204. The Balaban J connectivity index is 1.54. The highest BCUT2D eigenvalue weighted by Crippen LogP contribution is 2.26. The van der Waals surface area contributed by atoms with Crippen molar-refractivity contribution in [3.63, 3.8) is 0 Å². The molecule has 1 atom stereocenters. The summed E-state index contributed by atoms with van der Waals surface area (Å²) in [5, 5.41) is 14.9. The molecule has 31 heavy (non-hydrogen) atoms. The number of oxazole rings is 1. The number of alkyl halides is 1. The van der Waals surface area contributed by atoms with Crippen LogP contribution < -0.4 is 4.74 Å². The average molecular weight is 447 g/mol. The van der Waals surface area contributed by atoms with Crippen molar-refractivity contribution in [3.05, 3.63) is 58.8 Å². The summed E-state index contributed by atoms with van der Waals surface area (Å²) in [6.07, 6.45) is 0.817. The van der Waals surface area contributed by atoms with Crippen molar-refractivity contribution in [1.29, 1.82) is 0 Å². The van der Waals surface area contributed by atoms with Crippen molar-refractivity contribution >= 4 is 23.0 Å². The number of aryl methyl sites for hydroxylation is 1. The molecule has 7 nitrogen and oxygen atoms in total. The number of hydrogen-bond donors (Lipinski definition) is 1. The van der Waals surface area contributed by atoms with Crippen LogP contribution in [0.1, 0.15) is 23.9 Å². The molecule has 3 rings (SSSR count). The summed E-state index contributed by atoms with van der Waals surface area (Å²) in [6, 6.07) is 11.1. The van der Waals surface area contributed by atoms with E-state index in [0.29, 0.717) is 24.7 Å². The number of carbonyl (C=O) groups is 1. The number of carboxylic acids is 1. The van der Waals surface area contributed by atoms with Gasteiger partial charge in [-0.05, 0) is 49.4 Å². The zero-order chi connectivity index (χ0) is 22.2. The highest BCUT2D eigenvalue weighted by Gasteiger charge is 2.22. The van der Waals surface area contributed by atoms with E-state index >= 15 is 0 Å².